The highest BCUT2D eigenvalue weighted by molar-refractivity contribution is 7.98. The molecule has 0 aliphatic carbocycles. The molecule has 0 bridgehead atoms. The number of benzene rings is 1. The number of nitrogens with zero attached hydrogens (tertiary/aromatic N) is 2. The fourth-order valence-corrected chi connectivity index (χ4v) is 2.73. The van der Waals surface area contributed by atoms with Gasteiger partial charge in [-0.05, 0) is 44.7 Å². The first kappa shape index (κ1) is 13.7. The number of hydrogen-bond donors (Lipinski definition) is 2. The van der Waals surface area contributed by atoms with E-state index in [9.17, 15) is 0 Å². The minimum Gasteiger partial charge on any atom is -0.384 e. The predicted molar refractivity (Wildman–Crippen MR) is 80.6 cm³/mol. The van der Waals surface area contributed by atoms with Gasteiger partial charge >= 0.3 is 0 Å². The zero-order valence-corrected chi connectivity index (χ0v) is 12.4. The van der Waals surface area contributed by atoms with Gasteiger partial charge in [0.25, 0.3) is 0 Å². The molecule has 0 saturated heterocycles. The molecule has 0 radical (unpaired) electrons. The number of thioether (sulfide) groups is 1. The second kappa shape index (κ2) is 5.09. The van der Waals surface area contributed by atoms with E-state index >= 15 is 0 Å². The number of rotatable bonds is 3. The van der Waals surface area contributed by atoms with E-state index in [1.54, 1.807) is 11.8 Å². The quantitative estimate of drug-likeness (QED) is 0.514. The third-order valence-electron chi connectivity index (χ3n) is 3.37. The molecule has 100 valence electrons. The first-order chi connectivity index (χ1) is 8.97. The number of amidine groups is 1. The Morgan fingerprint density at radius 1 is 1.32 bits per heavy atom. The maximum Gasteiger partial charge on any atom is 0.126 e. The second-order valence-electron chi connectivity index (χ2n) is 4.48. The van der Waals surface area contributed by atoms with Gasteiger partial charge in [-0.25, -0.2) is 4.68 Å². The van der Waals surface area contributed by atoms with Gasteiger partial charge in [0.15, 0.2) is 0 Å². The number of nitrogens with one attached hydrogen (secondary N) is 1. The zero-order chi connectivity index (χ0) is 14.2. The highest BCUT2D eigenvalue weighted by Gasteiger charge is 2.16. The van der Waals surface area contributed by atoms with Crippen LogP contribution in [0.15, 0.2) is 23.1 Å². The molecule has 0 spiro atoms. The summed E-state index contributed by atoms with van der Waals surface area (Å²) in [5.41, 5.74) is 10.6. The lowest BCUT2D eigenvalue weighted by atomic mass is 10.1. The summed E-state index contributed by atoms with van der Waals surface area (Å²) >= 11 is 1.59. The van der Waals surface area contributed by atoms with Crippen LogP contribution >= 0.6 is 11.8 Å². The van der Waals surface area contributed by atoms with Crippen molar-refractivity contribution in [2.75, 3.05) is 6.26 Å². The largest absolute Gasteiger partial charge is 0.384 e. The molecule has 0 aliphatic heterocycles. The molecule has 0 atom stereocenters. The van der Waals surface area contributed by atoms with Crippen molar-refractivity contribution in [1.82, 2.24) is 9.78 Å². The normalized spacial score (nSPS) is 10.7. The Morgan fingerprint density at radius 2 is 2.00 bits per heavy atom. The molecule has 0 amide bonds. The summed E-state index contributed by atoms with van der Waals surface area (Å²) in [4.78, 5) is 0.996. The van der Waals surface area contributed by atoms with E-state index in [1.807, 2.05) is 43.0 Å². The summed E-state index contributed by atoms with van der Waals surface area (Å²) in [5.74, 6) is 0.0742. The third kappa shape index (κ3) is 2.26. The van der Waals surface area contributed by atoms with Crippen LogP contribution in [0, 0.1) is 26.2 Å². The lowest BCUT2D eigenvalue weighted by Gasteiger charge is -2.13. The van der Waals surface area contributed by atoms with Crippen LogP contribution in [0.25, 0.3) is 5.69 Å². The van der Waals surface area contributed by atoms with Crippen LogP contribution in [-0.2, 0) is 0 Å². The average Bonchev–Trinajstić information content (AvgIpc) is 2.65. The summed E-state index contributed by atoms with van der Waals surface area (Å²) in [7, 11) is 0. The minimum absolute atomic E-state index is 0.0742. The average molecular weight is 274 g/mol. The lowest BCUT2D eigenvalue weighted by molar-refractivity contribution is 0.828. The SMILES string of the molecule is CSc1cccc(-n2nc(C)c(C)c2C)c1C(=N)N. The van der Waals surface area contributed by atoms with Gasteiger partial charge in [-0.3, -0.25) is 5.41 Å². The maximum atomic E-state index is 7.82. The van der Waals surface area contributed by atoms with E-state index in [-0.39, 0.29) is 5.84 Å². The molecule has 4 nitrogen and oxygen atoms in total. The molecular weight excluding hydrogens is 256 g/mol. The zero-order valence-electron chi connectivity index (χ0n) is 11.6. The Kier molecular flexibility index (Phi) is 3.66. The summed E-state index contributed by atoms with van der Waals surface area (Å²) < 4.78 is 1.88. The van der Waals surface area contributed by atoms with Gasteiger partial charge in [0.05, 0.1) is 16.9 Å². The van der Waals surface area contributed by atoms with E-state index in [1.165, 1.54) is 5.56 Å². The van der Waals surface area contributed by atoms with E-state index < -0.39 is 0 Å². The lowest BCUT2D eigenvalue weighted by Crippen LogP contribution is -2.17. The highest BCUT2D eigenvalue weighted by Crippen LogP contribution is 2.27. The molecule has 1 aromatic carbocycles. The van der Waals surface area contributed by atoms with Crippen LogP contribution in [0.2, 0.25) is 0 Å². The Bertz CT molecular complexity index is 643. The first-order valence-corrected chi connectivity index (χ1v) is 7.24. The van der Waals surface area contributed by atoms with Gasteiger partial charge < -0.3 is 5.73 Å². The van der Waals surface area contributed by atoms with Crippen molar-refractivity contribution >= 4 is 17.6 Å². The molecule has 5 heteroatoms. The van der Waals surface area contributed by atoms with Crippen LogP contribution in [0.5, 0.6) is 0 Å². The van der Waals surface area contributed by atoms with Crippen LogP contribution in [-0.4, -0.2) is 21.9 Å². The van der Waals surface area contributed by atoms with Gasteiger partial charge in [-0.15, -0.1) is 11.8 Å². The number of nitrogen functional groups attached to an aromatic ring is 1. The van der Waals surface area contributed by atoms with Crippen molar-refractivity contribution in [3.63, 3.8) is 0 Å². The number of aromatic nitrogens is 2. The Labute approximate surface area is 117 Å². The number of nitrogens with two attached hydrogens (primary N) is 1. The van der Waals surface area contributed by atoms with Gasteiger partial charge in [-0.1, -0.05) is 6.07 Å². The Balaban J connectivity index is 2.75. The van der Waals surface area contributed by atoms with Gasteiger partial charge in [0.2, 0.25) is 0 Å². The molecule has 1 heterocycles. The molecule has 2 rings (SSSR count). The summed E-state index contributed by atoms with van der Waals surface area (Å²) in [5, 5.41) is 12.4. The van der Waals surface area contributed by atoms with E-state index in [2.05, 4.69) is 12.0 Å². The van der Waals surface area contributed by atoms with Crippen LogP contribution in [0.4, 0.5) is 0 Å². The van der Waals surface area contributed by atoms with Gasteiger partial charge in [-0.2, -0.15) is 5.10 Å². The summed E-state index contributed by atoms with van der Waals surface area (Å²) in [6, 6.07) is 5.90. The fourth-order valence-electron chi connectivity index (χ4n) is 2.09. The van der Waals surface area contributed by atoms with E-state index in [0.717, 1.165) is 27.5 Å². The van der Waals surface area contributed by atoms with Crippen LogP contribution in [0.1, 0.15) is 22.5 Å². The molecule has 1 aromatic heterocycles. The Hall–Kier alpha value is -1.75. The standard InChI is InChI=1S/C14H18N4S/c1-8-9(2)17-18(10(8)3)11-6-5-7-12(19-4)13(11)14(15)16/h5-7H,1-4H3,(H3,15,16). The van der Waals surface area contributed by atoms with Crippen molar-refractivity contribution in [3.05, 3.63) is 40.7 Å². The summed E-state index contributed by atoms with van der Waals surface area (Å²) in [6.07, 6.45) is 1.98. The molecule has 0 fully saturated rings. The molecule has 3 N–H and O–H groups in total. The number of aryl methyl sites for hydroxylation is 1. The smallest absolute Gasteiger partial charge is 0.126 e. The molecule has 19 heavy (non-hydrogen) atoms. The molecule has 2 aromatic rings. The van der Waals surface area contributed by atoms with E-state index in [4.69, 9.17) is 11.1 Å². The second-order valence-corrected chi connectivity index (χ2v) is 5.32. The first-order valence-electron chi connectivity index (χ1n) is 6.02. The van der Waals surface area contributed by atoms with Crippen molar-refractivity contribution < 1.29 is 0 Å². The van der Waals surface area contributed by atoms with Crippen LogP contribution < -0.4 is 5.73 Å². The number of hydrogen-bond acceptors (Lipinski definition) is 3. The van der Waals surface area contributed by atoms with Crippen molar-refractivity contribution in [3.8, 4) is 5.69 Å². The van der Waals surface area contributed by atoms with Crippen LogP contribution in [0.3, 0.4) is 0 Å². The minimum atomic E-state index is 0.0742. The van der Waals surface area contributed by atoms with Crippen molar-refractivity contribution in [2.45, 2.75) is 25.7 Å². The van der Waals surface area contributed by atoms with Gasteiger partial charge in [0.1, 0.15) is 5.84 Å². The third-order valence-corrected chi connectivity index (χ3v) is 4.15. The maximum absolute atomic E-state index is 7.82. The van der Waals surface area contributed by atoms with Gasteiger partial charge in [0, 0.05) is 10.6 Å². The summed E-state index contributed by atoms with van der Waals surface area (Å²) in [6.45, 7) is 6.08. The van der Waals surface area contributed by atoms with Crippen molar-refractivity contribution in [2.24, 2.45) is 5.73 Å². The highest BCUT2D eigenvalue weighted by atomic mass is 32.2. The van der Waals surface area contributed by atoms with Crippen molar-refractivity contribution in [1.29, 1.82) is 5.41 Å². The topological polar surface area (TPSA) is 67.7 Å². The fraction of sp³-hybridized carbons (Fsp3) is 0.286. The monoisotopic (exact) mass is 274 g/mol. The van der Waals surface area contributed by atoms with E-state index in [0.29, 0.717) is 0 Å². The molecule has 0 unspecified atom stereocenters. The predicted octanol–water partition coefficient (Wildman–Crippen LogP) is 2.80. The Morgan fingerprint density at radius 3 is 2.47 bits per heavy atom. The molecule has 0 aliphatic rings. The molecule has 0 saturated carbocycles. The molecular formula is C14H18N4S.